The largest absolute Gasteiger partial charge is 0.443 e. The Morgan fingerprint density at radius 3 is 2.73 bits per heavy atom. The SMILES string of the molecule is C=CC(C)C(CO)OC(N)=O. The molecule has 11 heavy (non-hydrogen) atoms. The van der Waals surface area contributed by atoms with Crippen LogP contribution in [0.4, 0.5) is 4.79 Å². The van der Waals surface area contributed by atoms with Gasteiger partial charge < -0.3 is 15.6 Å². The van der Waals surface area contributed by atoms with Crippen LogP contribution < -0.4 is 5.73 Å². The van der Waals surface area contributed by atoms with Crippen LogP contribution >= 0.6 is 0 Å². The van der Waals surface area contributed by atoms with Crippen molar-refractivity contribution < 1.29 is 14.6 Å². The summed E-state index contributed by atoms with van der Waals surface area (Å²) in [5.74, 6) is -0.0903. The lowest BCUT2D eigenvalue weighted by Gasteiger charge is -2.17. The molecule has 0 heterocycles. The van der Waals surface area contributed by atoms with Crippen LogP contribution in [0.1, 0.15) is 6.92 Å². The van der Waals surface area contributed by atoms with E-state index in [2.05, 4.69) is 11.3 Å². The quantitative estimate of drug-likeness (QED) is 0.578. The Hall–Kier alpha value is -1.03. The van der Waals surface area contributed by atoms with E-state index in [9.17, 15) is 4.79 Å². The summed E-state index contributed by atoms with van der Waals surface area (Å²) >= 11 is 0. The summed E-state index contributed by atoms with van der Waals surface area (Å²) in [6.07, 6.45) is 0.131. The second-order valence-electron chi connectivity index (χ2n) is 2.25. The summed E-state index contributed by atoms with van der Waals surface area (Å²) in [6, 6.07) is 0. The molecule has 64 valence electrons. The van der Waals surface area contributed by atoms with Gasteiger partial charge in [0.15, 0.2) is 0 Å². The second kappa shape index (κ2) is 4.73. The highest BCUT2D eigenvalue weighted by atomic mass is 16.6. The average molecular weight is 159 g/mol. The maximum Gasteiger partial charge on any atom is 0.404 e. The van der Waals surface area contributed by atoms with E-state index in [1.165, 1.54) is 0 Å². The number of primary amides is 1. The third-order valence-electron chi connectivity index (χ3n) is 1.41. The van der Waals surface area contributed by atoms with Gasteiger partial charge in [-0.3, -0.25) is 0 Å². The first-order valence-electron chi connectivity index (χ1n) is 3.31. The maximum absolute atomic E-state index is 10.2. The zero-order valence-corrected chi connectivity index (χ0v) is 6.49. The third kappa shape index (κ3) is 3.62. The molecule has 0 aliphatic rings. The normalized spacial score (nSPS) is 15.1. The number of carbonyl (C=O) groups excluding carboxylic acids is 1. The Bertz CT molecular complexity index is 147. The number of hydrogen-bond donors (Lipinski definition) is 2. The van der Waals surface area contributed by atoms with Gasteiger partial charge in [-0.15, -0.1) is 6.58 Å². The van der Waals surface area contributed by atoms with Crippen molar-refractivity contribution in [2.75, 3.05) is 6.61 Å². The van der Waals surface area contributed by atoms with Crippen molar-refractivity contribution >= 4 is 6.09 Å². The molecule has 2 unspecified atom stereocenters. The van der Waals surface area contributed by atoms with E-state index in [0.717, 1.165) is 0 Å². The third-order valence-corrected chi connectivity index (χ3v) is 1.41. The molecule has 0 aromatic heterocycles. The Labute approximate surface area is 65.6 Å². The van der Waals surface area contributed by atoms with E-state index in [1.807, 2.05) is 0 Å². The highest BCUT2D eigenvalue weighted by molar-refractivity contribution is 5.64. The van der Waals surface area contributed by atoms with Gasteiger partial charge in [0.05, 0.1) is 6.61 Å². The van der Waals surface area contributed by atoms with Gasteiger partial charge >= 0.3 is 6.09 Å². The molecule has 0 aromatic carbocycles. The number of aliphatic hydroxyl groups excluding tert-OH is 1. The molecule has 2 atom stereocenters. The van der Waals surface area contributed by atoms with Crippen LogP contribution in [0.25, 0.3) is 0 Å². The van der Waals surface area contributed by atoms with Crippen LogP contribution in [0, 0.1) is 5.92 Å². The number of rotatable bonds is 4. The van der Waals surface area contributed by atoms with Gasteiger partial charge in [0.1, 0.15) is 6.10 Å². The van der Waals surface area contributed by atoms with E-state index in [0.29, 0.717) is 0 Å². The minimum absolute atomic E-state index is 0.0903. The minimum atomic E-state index is -0.877. The molecule has 0 aliphatic carbocycles. The smallest absolute Gasteiger partial charge is 0.404 e. The number of hydrogen-bond acceptors (Lipinski definition) is 3. The summed E-state index contributed by atoms with van der Waals surface area (Å²) in [4.78, 5) is 10.2. The summed E-state index contributed by atoms with van der Waals surface area (Å²) in [6.45, 7) is 5.03. The molecule has 0 saturated carbocycles. The van der Waals surface area contributed by atoms with Crippen molar-refractivity contribution in [1.29, 1.82) is 0 Å². The topological polar surface area (TPSA) is 72.6 Å². The van der Waals surface area contributed by atoms with Gasteiger partial charge in [-0.1, -0.05) is 13.0 Å². The first-order valence-corrected chi connectivity index (χ1v) is 3.31. The van der Waals surface area contributed by atoms with Crippen LogP contribution in [0.5, 0.6) is 0 Å². The van der Waals surface area contributed by atoms with E-state index in [1.54, 1.807) is 13.0 Å². The van der Waals surface area contributed by atoms with Crippen molar-refractivity contribution in [3.05, 3.63) is 12.7 Å². The molecule has 4 nitrogen and oxygen atoms in total. The van der Waals surface area contributed by atoms with E-state index in [4.69, 9.17) is 10.8 Å². The van der Waals surface area contributed by atoms with Gasteiger partial charge in [-0.2, -0.15) is 0 Å². The number of aliphatic hydroxyl groups is 1. The molecule has 3 N–H and O–H groups in total. The van der Waals surface area contributed by atoms with Gasteiger partial charge in [0.2, 0.25) is 0 Å². The van der Waals surface area contributed by atoms with Crippen LogP contribution in [0.2, 0.25) is 0 Å². The molecule has 0 spiro atoms. The Kier molecular flexibility index (Phi) is 4.29. The zero-order valence-electron chi connectivity index (χ0n) is 6.49. The molecule has 0 aliphatic heterocycles. The highest BCUT2D eigenvalue weighted by Gasteiger charge is 2.16. The lowest BCUT2D eigenvalue weighted by molar-refractivity contribution is 0.0434. The maximum atomic E-state index is 10.2. The number of nitrogens with two attached hydrogens (primary N) is 1. The molecule has 0 rings (SSSR count). The lowest BCUT2D eigenvalue weighted by atomic mass is 10.1. The predicted molar refractivity (Wildman–Crippen MR) is 40.9 cm³/mol. The van der Waals surface area contributed by atoms with Crippen molar-refractivity contribution in [2.24, 2.45) is 11.7 Å². The number of ether oxygens (including phenoxy) is 1. The van der Waals surface area contributed by atoms with Crippen molar-refractivity contribution in [1.82, 2.24) is 0 Å². The minimum Gasteiger partial charge on any atom is -0.443 e. The standard InChI is InChI=1S/C7H13NO3/c1-3-5(2)6(4-9)11-7(8)10/h3,5-6,9H,1,4H2,2H3,(H2,8,10). The number of amides is 1. The Balaban J connectivity index is 3.93. The van der Waals surface area contributed by atoms with Crippen molar-refractivity contribution in [3.8, 4) is 0 Å². The van der Waals surface area contributed by atoms with Crippen LogP contribution in [-0.4, -0.2) is 23.9 Å². The molecular weight excluding hydrogens is 146 g/mol. The monoisotopic (exact) mass is 159 g/mol. The molecule has 0 bridgehead atoms. The fourth-order valence-electron chi connectivity index (χ4n) is 0.612. The Morgan fingerprint density at radius 2 is 2.45 bits per heavy atom. The van der Waals surface area contributed by atoms with Crippen LogP contribution in [0.3, 0.4) is 0 Å². The molecule has 0 fully saturated rings. The highest BCUT2D eigenvalue weighted by Crippen LogP contribution is 2.07. The van der Waals surface area contributed by atoms with Gasteiger partial charge in [0, 0.05) is 5.92 Å². The van der Waals surface area contributed by atoms with Crippen LogP contribution in [-0.2, 0) is 4.74 Å². The molecule has 1 amide bonds. The van der Waals surface area contributed by atoms with Gasteiger partial charge in [-0.25, -0.2) is 4.79 Å². The molecule has 4 heteroatoms. The number of carbonyl (C=O) groups is 1. The van der Waals surface area contributed by atoms with Crippen molar-refractivity contribution in [2.45, 2.75) is 13.0 Å². The fraction of sp³-hybridized carbons (Fsp3) is 0.571. The summed E-state index contributed by atoms with van der Waals surface area (Å²) < 4.78 is 4.57. The van der Waals surface area contributed by atoms with E-state index in [-0.39, 0.29) is 12.5 Å². The average Bonchev–Trinajstić information content (AvgIpc) is 1.98. The van der Waals surface area contributed by atoms with E-state index < -0.39 is 12.2 Å². The van der Waals surface area contributed by atoms with Gasteiger partial charge in [0.25, 0.3) is 0 Å². The molecule has 0 radical (unpaired) electrons. The predicted octanol–water partition coefficient (Wildman–Crippen LogP) is 0.265. The lowest BCUT2D eigenvalue weighted by Crippen LogP contribution is -2.30. The second-order valence-corrected chi connectivity index (χ2v) is 2.25. The molecular formula is C7H13NO3. The Morgan fingerprint density at radius 1 is 1.91 bits per heavy atom. The zero-order chi connectivity index (χ0) is 8.85. The fourth-order valence-corrected chi connectivity index (χ4v) is 0.612. The molecule has 0 saturated heterocycles. The van der Waals surface area contributed by atoms with Crippen LogP contribution in [0.15, 0.2) is 12.7 Å². The van der Waals surface area contributed by atoms with E-state index >= 15 is 0 Å². The summed E-state index contributed by atoms with van der Waals surface area (Å²) in [7, 11) is 0. The summed E-state index contributed by atoms with van der Waals surface area (Å²) in [5.41, 5.74) is 4.75. The van der Waals surface area contributed by atoms with Gasteiger partial charge in [-0.05, 0) is 0 Å². The first kappa shape index (κ1) is 9.97. The molecule has 0 aromatic rings. The first-order chi connectivity index (χ1) is 5.11. The summed E-state index contributed by atoms with van der Waals surface area (Å²) in [5, 5.41) is 8.70. The van der Waals surface area contributed by atoms with Crippen molar-refractivity contribution in [3.63, 3.8) is 0 Å².